The maximum absolute atomic E-state index is 12.8. The van der Waals surface area contributed by atoms with E-state index in [4.69, 9.17) is 16.3 Å². The standard InChI is InChI=1S/C20H25ClN2O4S/c1-4-6-14(3)22-20(24)15-7-12-18(21)19(13-15)28(25,26)23-16-8-10-17(11-9-16)27-5-2/h7-14,23H,4-6H2,1-3H3,(H,22,24). The number of carbonyl (C=O) groups excluding carboxylic acids is 1. The van der Waals surface area contributed by atoms with E-state index in [1.54, 1.807) is 24.3 Å². The lowest BCUT2D eigenvalue weighted by atomic mass is 10.1. The first-order valence-corrected chi connectivity index (χ1v) is 11.0. The van der Waals surface area contributed by atoms with Crippen LogP contribution in [0.1, 0.15) is 44.0 Å². The molecule has 0 aliphatic heterocycles. The Bertz CT molecular complexity index is 914. The highest BCUT2D eigenvalue weighted by Gasteiger charge is 2.21. The van der Waals surface area contributed by atoms with Gasteiger partial charge in [0.05, 0.1) is 11.6 Å². The highest BCUT2D eigenvalue weighted by Crippen LogP contribution is 2.26. The van der Waals surface area contributed by atoms with Gasteiger partial charge in [0.15, 0.2) is 0 Å². The van der Waals surface area contributed by atoms with Crippen LogP contribution < -0.4 is 14.8 Å². The van der Waals surface area contributed by atoms with Gasteiger partial charge in [0, 0.05) is 17.3 Å². The van der Waals surface area contributed by atoms with Gasteiger partial charge in [-0.15, -0.1) is 0 Å². The third kappa shape index (κ3) is 5.87. The molecule has 2 N–H and O–H groups in total. The quantitative estimate of drug-likeness (QED) is 0.622. The molecule has 0 radical (unpaired) electrons. The van der Waals surface area contributed by atoms with Crippen molar-refractivity contribution in [2.75, 3.05) is 11.3 Å². The van der Waals surface area contributed by atoms with Gasteiger partial charge in [-0.2, -0.15) is 0 Å². The van der Waals surface area contributed by atoms with Crippen LogP contribution in [0.2, 0.25) is 5.02 Å². The van der Waals surface area contributed by atoms with Crippen LogP contribution in [0.3, 0.4) is 0 Å². The third-order valence-corrected chi connectivity index (χ3v) is 5.86. The summed E-state index contributed by atoms with van der Waals surface area (Å²) < 4.78 is 33.4. The predicted molar refractivity (Wildman–Crippen MR) is 112 cm³/mol. The van der Waals surface area contributed by atoms with Crippen LogP contribution in [-0.2, 0) is 10.0 Å². The Balaban J connectivity index is 2.23. The van der Waals surface area contributed by atoms with Crippen molar-refractivity contribution in [2.45, 2.75) is 44.6 Å². The summed E-state index contributed by atoms with van der Waals surface area (Å²) in [5.41, 5.74) is 0.602. The SMILES string of the molecule is CCCC(C)NC(=O)c1ccc(Cl)c(S(=O)(=O)Nc2ccc(OCC)cc2)c1. The van der Waals surface area contributed by atoms with E-state index in [2.05, 4.69) is 10.0 Å². The van der Waals surface area contributed by atoms with E-state index < -0.39 is 10.0 Å². The molecule has 1 atom stereocenters. The lowest BCUT2D eigenvalue weighted by molar-refractivity contribution is 0.0938. The fourth-order valence-electron chi connectivity index (χ4n) is 2.66. The molecule has 0 fully saturated rings. The van der Waals surface area contributed by atoms with Gasteiger partial charge in [-0.05, 0) is 62.7 Å². The molecule has 6 nitrogen and oxygen atoms in total. The van der Waals surface area contributed by atoms with Crippen molar-refractivity contribution in [1.29, 1.82) is 0 Å². The van der Waals surface area contributed by atoms with Crippen molar-refractivity contribution in [3.05, 3.63) is 53.1 Å². The molecule has 0 heterocycles. The lowest BCUT2D eigenvalue weighted by Crippen LogP contribution is -2.32. The van der Waals surface area contributed by atoms with Gasteiger partial charge >= 0.3 is 0 Å². The van der Waals surface area contributed by atoms with E-state index in [0.29, 0.717) is 18.0 Å². The molecule has 0 saturated heterocycles. The Hall–Kier alpha value is -2.25. The summed E-state index contributed by atoms with van der Waals surface area (Å²) in [6.07, 6.45) is 1.78. The molecule has 0 aliphatic carbocycles. The van der Waals surface area contributed by atoms with Crippen LogP contribution in [0.5, 0.6) is 5.75 Å². The molecule has 2 aromatic rings. The van der Waals surface area contributed by atoms with E-state index in [1.807, 2.05) is 20.8 Å². The molecule has 0 aliphatic rings. The van der Waals surface area contributed by atoms with E-state index in [-0.39, 0.29) is 27.4 Å². The van der Waals surface area contributed by atoms with Crippen LogP contribution >= 0.6 is 11.6 Å². The molecule has 0 spiro atoms. The summed E-state index contributed by atoms with van der Waals surface area (Å²) in [7, 11) is -3.97. The number of carbonyl (C=O) groups is 1. The maximum atomic E-state index is 12.8. The number of hydrogen-bond donors (Lipinski definition) is 2. The van der Waals surface area contributed by atoms with Crippen molar-refractivity contribution >= 4 is 33.2 Å². The van der Waals surface area contributed by atoms with Crippen LogP contribution in [0.25, 0.3) is 0 Å². The minimum Gasteiger partial charge on any atom is -0.494 e. The Morgan fingerprint density at radius 2 is 1.82 bits per heavy atom. The maximum Gasteiger partial charge on any atom is 0.263 e. The average Bonchev–Trinajstić information content (AvgIpc) is 2.63. The molecule has 2 rings (SSSR count). The molecule has 2 aromatic carbocycles. The van der Waals surface area contributed by atoms with Crippen molar-refractivity contribution in [2.24, 2.45) is 0 Å². The zero-order valence-corrected chi connectivity index (χ0v) is 17.7. The van der Waals surface area contributed by atoms with Crippen LogP contribution in [0.4, 0.5) is 5.69 Å². The molecule has 28 heavy (non-hydrogen) atoms. The summed E-state index contributed by atoms with van der Waals surface area (Å²) in [5.74, 6) is 0.304. The molecule has 152 valence electrons. The molecular formula is C20H25ClN2O4S. The van der Waals surface area contributed by atoms with Gasteiger partial charge in [-0.1, -0.05) is 24.9 Å². The highest BCUT2D eigenvalue weighted by atomic mass is 35.5. The highest BCUT2D eigenvalue weighted by molar-refractivity contribution is 7.92. The summed E-state index contributed by atoms with van der Waals surface area (Å²) >= 11 is 6.10. The normalized spacial score (nSPS) is 12.3. The van der Waals surface area contributed by atoms with Gasteiger partial charge in [-0.25, -0.2) is 8.42 Å². The smallest absolute Gasteiger partial charge is 0.263 e. The predicted octanol–water partition coefficient (Wildman–Crippen LogP) is 4.46. The Morgan fingerprint density at radius 1 is 1.14 bits per heavy atom. The van der Waals surface area contributed by atoms with Gasteiger partial charge in [0.25, 0.3) is 15.9 Å². The molecule has 1 unspecified atom stereocenters. The van der Waals surface area contributed by atoms with Crippen molar-refractivity contribution < 1.29 is 17.9 Å². The van der Waals surface area contributed by atoms with Gasteiger partial charge in [0.2, 0.25) is 0 Å². The molecule has 0 aromatic heterocycles. The number of benzene rings is 2. The second-order valence-corrected chi connectivity index (χ2v) is 8.43. The number of ether oxygens (including phenoxy) is 1. The fourth-order valence-corrected chi connectivity index (χ4v) is 4.24. The largest absolute Gasteiger partial charge is 0.494 e. The number of hydrogen-bond acceptors (Lipinski definition) is 4. The molecule has 8 heteroatoms. The number of sulfonamides is 1. The van der Waals surface area contributed by atoms with Crippen molar-refractivity contribution in [3.63, 3.8) is 0 Å². The first kappa shape index (κ1) is 22.0. The zero-order valence-electron chi connectivity index (χ0n) is 16.2. The number of anilines is 1. The number of halogens is 1. The molecule has 0 bridgehead atoms. The number of nitrogens with one attached hydrogen (secondary N) is 2. The first-order valence-electron chi connectivity index (χ1n) is 9.13. The minimum absolute atomic E-state index is 0.00443. The van der Waals surface area contributed by atoms with E-state index in [0.717, 1.165) is 12.8 Å². The summed E-state index contributed by atoms with van der Waals surface area (Å²) in [4.78, 5) is 12.2. The molecule has 1 amide bonds. The summed E-state index contributed by atoms with van der Waals surface area (Å²) in [5, 5.41) is 2.89. The first-order chi connectivity index (χ1) is 13.3. The minimum atomic E-state index is -3.97. The van der Waals surface area contributed by atoms with Crippen molar-refractivity contribution in [3.8, 4) is 5.75 Å². The molecule has 0 saturated carbocycles. The van der Waals surface area contributed by atoms with Gasteiger partial charge < -0.3 is 10.1 Å². The van der Waals surface area contributed by atoms with E-state index in [1.165, 1.54) is 18.2 Å². The second kappa shape index (κ2) is 9.80. The number of rotatable bonds is 9. The summed E-state index contributed by atoms with van der Waals surface area (Å²) in [6, 6.07) is 10.7. The Kier molecular flexibility index (Phi) is 7.71. The van der Waals surface area contributed by atoms with Crippen LogP contribution in [0.15, 0.2) is 47.4 Å². The topological polar surface area (TPSA) is 84.5 Å². The van der Waals surface area contributed by atoms with Crippen molar-refractivity contribution in [1.82, 2.24) is 5.32 Å². The summed E-state index contributed by atoms with van der Waals surface area (Å²) in [6.45, 7) is 6.32. The van der Waals surface area contributed by atoms with Crippen LogP contribution in [0, 0.1) is 0 Å². The van der Waals surface area contributed by atoms with E-state index >= 15 is 0 Å². The monoisotopic (exact) mass is 424 g/mol. The lowest BCUT2D eigenvalue weighted by Gasteiger charge is -2.14. The Morgan fingerprint density at radius 3 is 2.43 bits per heavy atom. The third-order valence-electron chi connectivity index (χ3n) is 4.00. The zero-order chi connectivity index (χ0) is 20.7. The number of amides is 1. The van der Waals surface area contributed by atoms with Gasteiger partial charge in [-0.3, -0.25) is 9.52 Å². The fraction of sp³-hybridized carbons (Fsp3) is 0.350. The van der Waals surface area contributed by atoms with E-state index in [9.17, 15) is 13.2 Å². The van der Waals surface area contributed by atoms with Gasteiger partial charge in [0.1, 0.15) is 10.6 Å². The molecular weight excluding hydrogens is 400 g/mol. The Labute approximate surface area is 171 Å². The average molecular weight is 425 g/mol. The second-order valence-electron chi connectivity index (χ2n) is 6.37. The van der Waals surface area contributed by atoms with Crippen LogP contribution in [-0.4, -0.2) is 27.0 Å².